The average molecular weight is 486 g/mol. The molecule has 0 spiro atoms. The fourth-order valence-electron chi connectivity index (χ4n) is 4.39. The van der Waals surface area contributed by atoms with E-state index >= 15 is 0 Å². The molecule has 1 aromatic heterocycles. The van der Waals surface area contributed by atoms with Crippen LogP contribution in [0.15, 0.2) is 58.1 Å². The molecular formula is C25H31N3O5S. The van der Waals surface area contributed by atoms with E-state index in [-0.39, 0.29) is 23.3 Å². The van der Waals surface area contributed by atoms with Crippen LogP contribution in [0.25, 0.3) is 6.08 Å². The summed E-state index contributed by atoms with van der Waals surface area (Å²) < 4.78 is 32.5. The average Bonchev–Trinajstić information content (AvgIpc) is 3.57. The zero-order valence-corrected chi connectivity index (χ0v) is 20.0. The van der Waals surface area contributed by atoms with Gasteiger partial charge in [-0.05, 0) is 67.5 Å². The van der Waals surface area contributed by atoms with Crippen molar-refractivity contribution in [3.8, 4) is 0 Å². The molecule has 182 valence electrons. The Morgan fingerprint density at radius 2 is 1.71 bits per heavy atom. The number of rotatable bonds is 8. The number of carbonyl (C=O) groups is 2. The Balaban J connectivity index is 1.24. The Labute approximate surface area is 200 Å². The van der Waals surface area contributed by atoms with Crippen molar-refractivity contribution in [1.29, 1.82) is 0 Å². The first-order valence-electron chi connectivity index (χ1n) is 11.8. The highest BCUT2D eigenvalue weighted by Gasteiger charge is 2.26. The van der Waals surface area contributed by atoms with Gasteiger partial charge >= 0.3 is 0 Å². The van der Waals surface area contributed by atoms with Crippen LogP contribution in [0, 0.1) is 5.92 Å². The quantitative estimate of drug-likeness (QED) is 0.580. The predicted octanol–water partition coefficient (Wildman–Crippen LogP) is 3.02. The number of hydrogen-bond acceptors (Lipinski definition) is 5. The summed E-state index contributed by atoms with van der Waals surface area (Å²) in [6, 6.07) is 9.76. The Morgan fingerprint density at radius 1 is 1.00 bits per heavy atom. The van der Waals surface area contributed by atoms with Crippen molar-refractivity contribution < 1.29 is 22.4 Å². The van der Waals surface area contributed by atoms with Crippen molar-refractivity contribution in [3.05, 3.63) is 60.1 Å². The lowest BCUT2D eigenvalue weighted by molar-refractivity contribution is -0.131. The zero-order valence-electron chi connectivity index (χ0n) is 19.2. The van der Waals surface area contributed by atoms with Gasteiger partial charge in [-0.15, -0.1) is 0 Å². The summed E-state index contributed by atoms with van der Waals surface area (Å²) in [5.41, 5.74) is 0.740. The van der Waals surface area contributed by atoms with Crippen molar-refractivity contribution in [2.24, 2.45) is 5.92 Å². The van der Waals surface area contributed by atoms with Gasteiger partial charge in [0, 0.05) is 38.7 Å². The highest BCUT2D eigenvalue weighted by atomic mass is 32.2. The van der Waals surface area contributed by atoms with Crippen LogP contribution in [0.4, 0.5) is 0 Å². The maximum atomic E-state index is 12.6. The first kappa shape index (κ1) is 24.2. The molecule has 3 heterocycles. The van der Waals surface area contributed by atoms with E-state index in [1.165, 1.54) is 24.5 Å². The molecule has 2 aliphatic rings. The summed E-state index contributed by atoms with van der Waals surface area (Å²) in [4.78, 5) is 28.9. The second kappa shape index (κ2) is 11.0. The zero-order chi connectivity index (χ0) is 24.0. The molecule has 0 radical (unpaired) electrons. The van der Waals surface area contributed by atoms with E-state index in [4.69, 9.17) is 4.42 Å². The number of piperidine rings is 1. The molecule has 0 bridgehead atoms. The SMILES string of the molecule is O=C(/C=C/c1ccc(S(=O)(=O)NCc2ccco2)cc1)N1CCC(CC(=O)N2CCCC2)CC1. The molecule has 9 heteroatoms. The summed E-state index contributed by atoms with van der Waals surface area (Å²) in [7, 11) is -3.66. The normalized spacial score (nSPS) is 17.5. The van der Waals surface area contributed by atoms with Gasteiger partial charge in [-0.2, -0.15) is 0 Å². The molecule has 34 heavy (non-hydrogen) atoms. The second-order valence-electron chi connectivity index (χ2n) is 8.87. The topological polar surface area (TPSA) is 99.9 Å². The van der Waals surface area contributed by atoms with Crippen LogP contribution in [0.1, 0.15) is 43.4 Å². The second-order valence-corrected chi connectivity index (χ2v) is 10.6. The van der Waals surface area contributed by atoms with E-state index < -0.39 is 10.0 Å². The van der Waals surface area contributed by atoms with Gasteiger partial charge < -0.3 is 14.2 Å². The van der Waals surface area contributed by atoms with Crippen molar-refractivity contribution >= 4 is 27.9 Å². The molecule has 0 aliphatic carbocycles. The fourth-order valence-corrected chi connectivity index (χ4v) is 5.39. The monoisotopic (exact) mass is 485 g/mol. The van der Waals surface area contributed by atoms with Crippen molar-refractivity contribution in [2.75, 3.05) is 26.2 Å². The van der Waals surface area contributed by atoms with E-state index in [1.807, 2.05) is 9.80 Å². The Morgan fingerprint density at radius 3 is 2.35 bits per heavy atom. The third-order valence-corrected chi connectivity index (χ3v) is 7.89. The number of likely N-dealkylation sites (tertiary alicyclic amines) is 2. The number of benzene rings is 1. The standard InChI is InChI=1S/C25H31N3O5S/c29-24(28-15-11-21(12-16-28)18-25(30)27-13-1-2-14-27)10-7-20-5-8-23(9-6-20)34(31,32)26-19-22-4-3-17-33-22/h3-10,17,21,26H,1-2,11-16,18-19H2/b10-7+. The summed E-state index contributed by atoms with van der Waals surface area (Å²) in [6.45, 7) is 3.15. The van der Waals surface area contributed by atoms with Crippen LogP contribution >= 0.6 is 0 Å². The summed E-state index contributed by atoms with van der Waals surface area (Å²) in [6.07, 6.45) is 9.19. The summed E-state index contributed by atoms with van der Waals surface area (Å²) in [5.74, 6) is 1.06. The molecule has 2 aliphatic heterocycles. The lowest BCUT2D eigenvalue weighted by Crippen LogP contribution is -2.39. The molecule has 0 unspecified atom stereocenters. The van der Waals surface area contributed by atoms with Crippen LogP contribution in [-0.4, -0.2) is 56.2 Å². The van der Waals surface area contributed by atoms with Gasteiger partial charge in [-0.1, -0.05) is 12.1 Å². The van der Waals surface area contributed by atoms with E-state index in [9.17, 15) is 18.0 Å². The predicted molar refractivity (Wildman–Crippen MR) is 128 cm³/mol. The van der Waals surface area contributed by atoms with Gasteiger partial charge in [0.1, 0.15) is 5.76 Å². The molecule has 2 amide bonds. The number of carbonyl (C=O) groups excluding carboxylic acids is 2. The van der Waals surface area contributed by atoms with E-state index in [0.29, 0.717) is 31.2 Å². The third kappa shape index (κ3) is 6.36. The van der Waals surface area contributed by atoms with E-state index in [2.05, 4.69) is 4.72 Å². The van der Waals surface area contributed by atoms with Crippen LogP contribution in [0.2, 0.25) is 0 Å². The number of amides is 2. The minimum Gasteiger partial charge on any atom is -0.468 e. The number of sulfonamides is 1. The molecule has 2 fully saturated rings. The number of hydrogen-bond donors (Lipinski definition) is 1. The Bertz CT molecular complexity index is 1100. The highest BCUT2D eigenvalue weighted by Crippen LogP contribution is 2.23. The molecule has 0 atom stereocenters. The van der Waals surface area contributed by atoms with Crippen LogP contribution in [0.3, 0.4) is 0 Å². The molecule has 2 saturated heterocycles. The lowest BCUT2D eigenvalue weighted by atomic mass is 9.93. The molecule has 1 N–H and O–H groups in total. The maximum Gasteiger partial charge on any atom is 0.246 e. The van der Waals surface area contributed by atoms with E-state index in [0.717, 1.165) is 44.3 Å². The van der Waals surface area contributed by atoms with Crippen molar-refractivity contribution in [1.82, 2.24) is 14.5 Å². The van der Waals surface area contributed by atoms with E-state index in [1.54, 1.807) is 30.3 Å². The molecule has 4 rings (SSSR count). The van der Waals surface area contributed by atoms with Gasteiger partial charge in [0.15, 0.2) is 0 Å². The maximum absolute atomic E-state index is 12.6. The largest absolute Gasteiger partial charge is 0.468 e. The smallest absolute Gasteiger partial charge is 0.246 e. The molecule has 2 aromatic rings. The van der Waals surface area contributed by atoms with Crippen LogP contribution in [-0.2, 0) is 26.2 Å². The Kier molecular flexibility index (Phi) is 7.84. The number of furan rings is 1. The summed E-state index contributed by atoms with van der Waals surface area (Å²) >= 11 is 0. The number of nitrogens with zero attached hydrogens (tertiary/aromatic N) is 2. The lowest BCUT2D eigenvalue weighted by Gasteiger charge is -2.31. The first-order chi connectivity index (χ1) is 16.4. The van der Waals surface area contributed by atoms with Gasteiger partial charge in [0.05, 0.1) is 17.7 Å². The van der Waals surface area contributed by atoms with Crippen LogP contribution < -0.4 is 4.72 Å². The number of nitrogens with one attached hydrogen (secondary N) is 1. The summed E-state index contributed by atoms with van der Waals surface area (Å²) in [5, 5.41) is 0. The van der Waals surface area contributed by atoms with Gasteiger partial charge in [-0.3, -0.25) is 9.59 Å². The minimum absolute atomic E-state index is 0.0684. The molecule has 0 saturated carbocycles. The van der Waals surface area contributed by atoms with Gasteiger partial charge in [-0.25, -0.2) is 13.1 Å². The van der Waals surface area contributed by atoms with Crippen molar-refractivity contribution in [3.63, 3.8) is 0 Å². The van der Waals surface area contributed by atoms with Crippen molar-refractivity contribution in [2.45, 2.75) is 43.5 Å². The molecule has 1 aromatic carbocycles. The minimum atomic E-state index is -3.66. The third-order valence-electron chi connectivity index (χ3n) is 6.47. The van der Waals surface area contributed by atoms with Gasteiger partial charge in [0.2, 0.25) is 21.8 Å². The first-order valence-corrected chi connectivity index (χ1v) is 13.3. The highest BCUT2D eigenvalue weighted by molar-refractivity contribution is 7.89. The van der Waals surface area contributed by atoms with Crippen LogP contribution in [0.5, 0.6) is 0 Å². The molecule has 8 nitrogen and oxygen atoms in total. The van der Waals surface area contributed by atoms with Gasteiger partial charge in [0.25, 0.3) is 0 Å². The molecular weight excluding hydrogens is 454 g/mol. The fraction of sp³-hybridized carbons (Fsp3) is 0.440. The Hall–Kier alpha value is -2.91.